The van der Waals surface area contributed by atoms with Gasteiger partial charge in [0.1, 0.15) is 0 Å². The Kier molecular flexibility index (Phi) is 3.48. The van der Waals surface area contributed by atoms with Crippen molar-refractivity contribution in [1.29, 1.82) is 0 Å². The van der Waals surface area contributed by atoms with Gasteiger partial charge in [-0.2, -0.15) is 0 Å². The third-order valence-electron chi connectivity index (χ3n) is 3.21. The summed E-state index contributed by atoms with van der Waals surface area (Å²) in [5.41, 5.74) is 0. The van der Waals surface area contributed by atoms with Crippen LogP contribution in [-0.2, 0) is 9.30 Å². The average Bonchev–Trinajstić information content (AvgIpc) is 2.27. The summed E-state index contributed by atoms with van der Waals surface area (Å²) in [7, 11) is 1.48. The SMILES string of the molecule is CN1CCCN(C)P1(=O)N1CCOCC1. The number of morpholine rings is 1. The van der Waals surface area contributed by atoms with Crippen LogP contribution >= 0.6 is 7.59 Å². The van der Waals surface area contributed by atoms with Gasteiger partial charge >= 0.3 is 0 Å². The standard InChI is InChI=1S/C9H20N3O2P/c1-10-4-3-5-11(2)15(10,13)12-6-8-14-9-7-12/h3-9H2,1-2H3. The molecule has 0 radical (unpaired) electrons. The summed E-state index contributed by atoms with van der Waals surface area (Å²) in [5, 5.41) is 0. The quantitative estimate of drug-likeness (QED) is 0.623. The molecule has 2 saturated heterocycles. The molecule has 15 heavy (non-hydrogen) atoms. The summed E-state index contributed by atoms with van der Waals surface area (Å²) >= 11 is 0. The van der Waals surface area contributed by atoms with E-state index in [1.165, 1.54) is 0 Å². The largest absolute Gasteiger partial charge is 0.379 e. The van der Waals surface area contributed by atoms with Crippen molar-refractivity contribution in [2.24, 2.45) is 0 Å². The molecule has 0 spiro atoms. The fraction of sp³-hybridized carbons (Fsp3) is 1.00. The number of hydrogen-bond donors (Lipinski definition) is 0. The Balaban J connectivity index is 2.17. The van der Waals surface area contributed by atoms with E-state index in [9.17, 15) is 4.57 Å². The Morgan fingerprint density at radius 1 is 1.00 bits per heavy atom. The topological polar surface area (TPSA) is 36.0 Å². The van der Waals surface area contributed by atoms with Gasteiger partial charge in [-0.3, -0.25) is 4.57 Å². The van der Waals surface area contributed by atoms with Crippen molar-refractivity contribution < 1.29 is 9.30 Å². The van der Waals surface area contributed by atoms with E-state index in [2.05, 4.69) is 4.67 Å². The lowest BCUT2D eigenvalue weighted by Gasteiger charge is -2.46. The first-order chi connectivity index (χ1) is 7.15. The van der Waals surface area contributed by atoms with Crippen LogP contribution in [0.3, 0.4) is 0 Å². The van der Waals surface area contributed by atoms with Crippen LogP contribution in [0.5, 0.6) is 0 Å². The molecule has 0 amide bonds. The maximum Gasteiger partial charge on any atom is 0.286 e. The molecule has 0 aromatic heterocycles. The second-order valence-electron chi connectivity index (χ2n) is 4.20. The van der Waals surface area contributed by atoms with Crippen molar-refractivity contribution in [3.05, 3.63) is 0 Å². The fourth-order valence-corrected chi connectivity index (χ4v) is 5.17. The first kappa shape index (κ1) is 11.6. The van der Waals surface area contributed by atoms with Gasteiger partial charge in [0.2, 0.25) is 0 Å². The maximum atomic E-state index is 13.0. The van der Waals surface area contributed by atoms with Gasteiger partial charge in [-0.15, -0.1) is 0 Å². The van der Waals surface area contributed by atoms with Crippen molar-refractivity contribution in [3.63, 3.8) is 0 Å². The van der Waals surface area contributed by atoms with E-state index < -0.39 is 7.59 Å². The van der Waals surface area contributed by atoms with Gasteiger partial charge in [0.15, 0.2) is 0 Å². The zero-order valence-corrected chi connectivity index (χ0v) is 10.4. The van der Waals surface area contributed by atoms with Crippen LogP contribution in [0.15, 0.2) is 0 Å². The smallest absolute Gasteiger partial charge is 0.286 e. The molecule has 0 aromatic carbocycles. The molecule has 0 unspecified atom stereocenters. The molecular formula is C9H20N3O2P. The lowest BCUT2D eigenvalue weighted by atomic mass is 10.4. The normalized spacial score (nSPS) is 30.5. The highest BCUT2D eigenvalue weighted by atomic mass is 31.2. The van der Waals surface area contributed by atoms with E-state index in [1.807, 2.05) is 23.4 Å². The van der Waals surface area contributed by atoms with Gasteiger partial charge in [-0.1, -0.05) is 0 Å². The van der Waals surface area contributed by atoms with Crippen molar-refractivity contribution in [3.8, 4) is 0 Å². The Labute approximate surface area is 91.5 Å². The van der Waals surface area contributed by atoms with Crippen LogP contribution in [0.1, 0.15) is 6.42 Å². The van der Waals surface area contributed by atoms with Crippen molar-refractivity contribution >= 4 is 7.59 Å². The molecule has 0 saturated carbocycles. The van der Waals surface area contributed by atoms with Gasteiger partial charge in [-0.05, 0) is 20.5 Å². The second kappa shape index (κ2) is 4.52. The first-order valence-corrected chi connectivity index (χ1v) is 7.08. The average molecular weight is 233 g/mol. The van der Waals surface area contributed by atoms with Gasteiger partial charge in [-0.25, -0.2) is 14.0 Å². The molecule has 5 nitrogen and oxygen atoms in total. The number of hydrogen-bond acceptors (Lipinski definition) is 2. The minimum atomic E-state index is -2.45. The summed E-state index contributed by atoms with van der Waals surface area (Å²) in [5.74, 6) is 0. The summed E-state index contributed by atoms with van der Waals surface area (Å²) in [6, 6.07) is 0. The zero-order chi connectivity index (χ0) is 10.9. The summed E-state index contributed by atoms with van der Waals surface area (Å²) in [6.07, 6.45) is 1.10. The molecule has 2 heterocycles. The zero-order valence-electron chi connectivity index (χ0n) is 9.56. The monoisotopic (exact) mass is 233 g/mol. The molecule has 2 rings (SSSR count). The maximum absolute atomic E-state index is 13.0. The second-order valence-corrected chi connectivity index (χ2v) is 7.15. The Morgan fingerprint density at radius 3 is 2.07 bits per heavy atom. The van der Waals surface area contributed by atoms with Gasteiger partial charge in [0.25, 0.3) is 7.59 Å². The molecule has 88 valence electrons. The first-order valence-electron chi connectivity index (χ1n) is 5.52. The number of rotatable bonds is 1. The molecule has 0 bridgehead atoms. The molecule has 2 fully saturated rings. The number of ether oxygens (including phenoxy) is 1. The fourth-order valence-electron chi connectivity index (χ4n) is 2.30. The predicted molar refractivity (Wildman–Crippen MR) is 59.9 cm³/mol. The highest BCUT2D eigenvalue weighted by Crippen LogP contribution is 2.56. The Morgan fingerprint density at radius 2 is 1.53 bits per heavy atom. The molecular weight excluding hydrogens is 213 g/mol. The van der Waals surface area contributed by atoms with Gasteiger partial charge in [0, 0.05) is 26.2 Å². The Hall–Kier alpha value is 0.0700. The van der Waals surface area contributed by atoms with Gasteiger partial charge < -0.3 is 4.74 Å². The van der Waals surface area contributed by atoms with Crippen LogP contribution in [0.4, 0.5) is 0 Å². The van der Waals surface area contributed by atoms with Crippen LogP contribution < -0.4 is 0 Å². The summed E-state index contributed by atoms with van der Waals surface area (Å²) < 4.78 is 24.4. The van der Waals surface area contributed by atoms with E-state index in [0.29, 0.717) is 13.2 Å². The summed E-state index contributed by atoms with van der Waals surface area (Å²) in [6.45, 7) is 4.83. The molecule has 2 aliphatic heterocycles. The lowest BCUT2D eigenvalue weighted by Crippen LogP contribution is -2.46. The third-order valence-corrected chi connectivity index (χ3v) is 6.52. The predicted octanol–water partition coefficient (Wildman–Crippen LogP) is 0.694. The lowest BCUT2D eigenvalue weighted by molar-refractivity contribution is 0.0640. The van der Waals surface area contributed by atoms with Gasteiger partial charge in [0.05, 0.1) is 13.2 Å². The van der Waals surface area contributed by atoms with Crippen molar-refractivity contribution in [2.75, 3.05) is 53.5 Å². The molecule has 6 heteroatoms. The highest BCUT2D eigenvalue weighted by molar-refractivity contribution is 7.56. The molecule has 0 aliphatic carbocycles. The van der Waals surface area contributed by atoms with E-state index >= 15 is 0 Å². The number of nitrogens with zero attached hydrogens (tertiary/aromatic N) is 3. The molecule has 0 N–H and O–H groups in total. The minimum Gasteiger partial charge on any atom is -0.379 e. The van der Waals surface area contributed by atoms with E-state index in [1.54, 1.807) is 0 Å². The van der Waals surface area contributed by atoms with E-state index in [0.717, 1.165) is 32.6 Å². The van der Waals surface area contributed by atoms with Crippen LogP contribution in [0, 0.1) is 0 Å². The van der Waals surface area contributed by atoms with E-state index in [-0.39, 0.29) is 0 Å². The van der Waals surface area contributed by atoms with Crippen molar-refractivity contribution in [1.82, 2.24) is 14.0 Å². The summed E-state index contributed by atoms with van der Waals surface area (Å²) in [4.78, 5) is 0. The van der Waals surface area contributed by atoms with Crippen LogP contribution in [0.25, 0.3) is 0 Å². The Bertz CT molecular complexity index is 254. The highest BCUT2D eigenvalue weighted by Gasteiger charge is 2.41. The van der Waals surface area contributed by atoms with E-state index in [4.69, 9.17) is 4.74 Å². The van der Waals surface area contributed by atoms with Crippen LogP contribution in [0.2, 0.25) is 0 Å². The molecule has 0 aromatic rings. The van der Waals surface area contributed by atoms with Crippen LogP contribution in [-0.4, -0.2) is 67.5 Å². The molecule has 0 atom stereocenters. The van der Waals surface area contributed by atoms with Crippen molar-refractivity contribution in [2.45, 2.75) is 6.42 Å². The minimum absolute atomic E-state index is 0.700. The third kappa shape index (κ3) is 1.99. The molecule has 2 aliphatic rings.